The van der Waals surface area contributed by atoms with Gasteiger partial charge in [-0.15, -0.1) is 0 Å². The van der Waals surface area contributed by atoms with Crippen molar-refractivity contribution in [3.05, 3.63) is 69.8 Å². The number of benzene rings is 2. The molecule has 0 aliphatic carbocycles. The fourth-order valence-electron chi connectivity index (χ4n) is 4.61. The Bertz CT molecular complexity index is 1150. The van der Waals surface area contributed by atoms with Crippen molar-refractivity contribution in [3.8, 4) is 0 Å². The lowest BCUT2D eigenvalue weighted by Gasteiger charge is -2.33. The van der Waals surface area contributed by atoms with Crippen molar-refractivity contribution >= 4 is 39.6 Å². The maximum Gasteiger partial charge on any atom is 0.259 e. The summed E-state index contributed by atoms with van der Waals surface area (Å²) in [6, 6.07) is 11.4. The number of fused-ring (bicyclic) bond motifs is 2. The summed E-state index contributed by atoms with van der Waals surface area (Å²) in [4.78, 5) is 48.6. The number of alkyl halides is 1. The van der Waals surface area contributed by atoms with E-state index in [-0.39, 0.29) is 23.6 Å². The van der Waals surface area contributed by atoms with Gasteiger partial charge in [0.05, 0.1) is 22.3 Å². The Morgan fingerprint density at radius 1 is 0.853 bits per heavy atom. The fraction of sp³-hybridized carbons (Fsp3) is 0.360. The van der Waals surface area contributed by atoms with Crippen LogP contribution >= 0.6 is 15.9 Å². The monoisotopic (exact) mass is 526 g/mol. The van der Waals surface area contributed by atoms with E-state index in [4.69, 9.17) is 0 Å². The van der Waals surface area contributed by atoms with Crippen molar-refractivity contribution in [2.24, 2.45) is 0 Å². The number of aryl methyl sites for hydroxylation is 2. The molecular weight excluding hydrogens is 500 g/mol. The number of likely N-dealkylation sites (N-methyl/N-ethyl adjacent to an activating group) is 1. The average molecular weight is 527 g/mol. The number of hydrogen-bond acceptors (Lipinski definition) is 6. The number of hydrogen-bond donors (Lipinski definition) is 3. The summed E-state index contributed by atoms with van der Waals surface area (Å²) in [5.74, 6) is -1.10. The third-order valence-electron chi connectivity index (χ3n) is 6.45. The Kier molecular flexibility index (Phi) is 7.55. The van der Waals surface area contributed by atoms with Crippen LogP contribution < -0.4 is 16.0 Å². The van der Waals surface area contributed by atoms with Crippen LogP contribution in [0.25, 0.3) is 0 Å². The highest BCUT2D eigenvalue weighted by Crippen LogP contribution is 2.23. The maximum atomic E-state index is 11.9. The minimum Gasteiger partial charge on any atom is -0.314 e. The van der Waals surface area contributed by atoms with Gasteiger partial charge >= 0.3 is 0 Å². The number of carbonyl (C=O) groups excluding carboxylic acids is 4. The first kappa shape index (κ1) is 24.3. The number of halogens is 1. The zero-order valence-corrected chi connectivity index (χ0v) is 20.5. The quantitative estimate of drug-likeness (QED) is 0.405. The van der Waals surface area contributed by atoms with Gasteiger partial charge in [-0.25, -0.2) is 0 Å². The van der Waals surface area contributed by atoms with Crippen LogP contribution in [0.3, 0.4) is 0 Å². The lowest BCUT2D eigenvalue weighted by molar-refractivity contribution is 0.0862. The molecular formula is C25H27BrN4O4. The third kappa shape index (κ3) is 4.96. The van der Waals surface area contributed by atoms with Gasteiger partial charge in [0.2, 0.25) is 0 Å². The number of piperazine rings is 1. The van der Waals surface area contributed by atoms with Crippen LogP contribution in [-0.4, -0.2) is 66.6 Å². The molecule has 1 saturated heterocycles. The van der Waals surface area contributed by atoms with Gasteiger partial charge < -0.3 is 10.2 Å². The minimum absolute atomic E-state index is 0.254. The van der Waals surface area contributed by atoms with E-state index in [9.17, 15) is 19.2 Å². The van der Waals surface area contributed by atoms with E-state index in [0.29, 0.717) is 28.3 Å². The van der Waals surface area contributed by atoms with E-state index in [1.54, 1.807) is 18.2 Å². The molecule has 9 heteroatoms. The Balaban J connectivity index is 0.000000172. The fourth-order valence-corrected chi connectivity index (χ4v) is 5.03. The van der Waals surface area contributed by atoms with Gasteiger partial charge in [-0.1, -0.05) is 40.2 Å². The average Bonchev–Trinajstić information content (AvgIpc) is 3.29. The summed E-state index contributed by atoms with van der Waals surface area (Å²) in [6.07, 6.45) is 2.56. The van der Waals surface area contributed by atoms with Gasteiger partial charge in [0, 0.05) is 31.0 Å². The molecule has 0 radical (unpaired) electrons. The van der Waals surface area contributed by atoms with E-state index in [1.165, 1.54) is 0 Å². The molecule has 34 heavy (non-hydrogen) atoms. The van der Waals surface area contributed by atoms with Crippen LogP contribution in [0, 0.1) is 0 Å². The lowest BCUT2D eigenvalue weighted by Crippen LogP contribution is -2.49. The number of amides is 4. The Labute approximate surface area is 206 Å². The predicted octanol–water partition coefficient (Wildman–Crippen LogP) is 1.91. The van der Waals surface area contributed by atoms with E-state index in [1.807, 2.05) is 18.2 Å². The van der Waals surface area contributed by atoms with Gasteiger partial charge in [0.1, 0.15) is 0 Å². The normalized spacial score (nSPS) is 19.2. The number of imide groups is 2. The van der Waals surface area contributed by atoms with Crippen molar-refractivity contribution in [3.63, 3.8) is 0 Å². The number of rotatable bonds is 5. The molecule has 2 aromatic carbocycles. The predicted molar refractivity (Wildman–Crippen MR) is 132 cm³/mol. The van der Waals surface area contributed by atoms with Crippen molar-refractivity contribution in [1.82, 2.24) is 20.9 Å². The highest BCUT2D eigenvalue weighted by Gasteiger charge is 2.30. The molecule has 5 rings (SSSR count). The zero-order chi connectivity index (χ0) is 24.2. The van der Waals surface area contributed by atoms with Crippen molar-refractivity contribution in [1.29, 1.82) is 0 Å². The Morgan fingerprint density at radius 3 is 1.94 bits per heavy atom. The van der Waals surface area contributed by atoms with Crippen LogP contribution in [-0.2, 0) is 12.8 Å². The molecule has 0 aromatic heterocycles. The third-order valence-corrected chi connectivity index (χ3v) is 6.85. The summed E-state index contributed by atoms with van der Waals surface area (Å²) >= 11 is 3.31. The van der Waals surface area contributed by atoms with Gasteiger partial charge in [0.15, 0.2) is 0 Å². The number of nitrogens with one attached hydrogen (secondary N) is 3. The molecule has 178 valence electrons. The molecule has 2 aromatic rings. The summed E-state index contributed by atoms with van der Waals surface area (Å²) in [7, 11) is 2.14. The second-order valence-corrected chi connectivity index (χ2v) is 9.36. The summed E-state index contributed by atoms with van der Waals surface area (Å²) in [6.45, 7) is 3.07. The minimum atomic E-state index is -0.290. The first-order valence-corrected chi connectivity index (χ1v) is 12.4. The van der Waals surface area contributed by atoms with Crippen molar-refractivity contribution < 1.29 is 19.2 Å². The Morgan fingerprint density at radius 2 is 1.41 bits per heavy atom. The highest BCUT2D eigenvalue weighted by molar-refractivity contribution is 9.09. The second-order valence-electron chi connectivity index (χ2n) is 8.56. The lowest BCUT2D eigenvalue weighted by atomic mass is 9.96. The largest absolute Gasteiger partial charge is 0.314 e. The summed E-state index contributed by atoms with van der Waals surface area (Å²) in [5.41, 5.74) is 4.02. The molecule has 3 heterocycles. The van der Waals surface area contributed by atoms with E-state index in [2.05, 4.69) is 43.8 Å². The van der Waals surface area contributed by atoms with Crippen molar-refractivity contribution in [2.75, 3.05) is 32.0 Å². The summed E-state index contributed by atoms with van der Waals surface area (Å²) in [5, 5.41) is 8.83. The van der Waals surface area contributed by atoms with Gasteiger partial charge in [-0.3, -0.25) is 29.8 Å². The second kappa shape index (κ2) is 10.6. The first-order valence-electron chi connectivity index (χ1n) is 11.3. The molecule has 3 aliphatic rings. The van der Waals surface area contributed by atoms with Crippen LogP contribution in [0.2, 0.25) is 0 Å². The Hall–Kier alpha value is -2.88. The molecule has 3 N–H and O–H groups in total. The molecule has 8 nitrogen and oxygen atoms in total. The van der Waals surface area contributed by atoms with E-state index >= 15 is 0 Å². The van der Waals surface area contributed by atoms with Crippen LogP contribution in [0.15, 0.2) is 36.4 Å². The van der Waals surface area contributed by atoms with Crippen molar-refractivity contribution in [2.45, 2.75) is 25.3 Å². The van der Waals surface area contributed by atoms with Crippen LogP contribution in [0.1, 0.15) is 59.0 Å². The topological polar surface area (TPSA) is 108 Å². The molecule has 0 bridgehead atoms. The smallest absolute Gasteiger partial charge is 0.259 e. The SMILES string of the molecule is CN1CCNCC1CCc1cccc2c1C(=O)NC2=O.O=C1NC(=O)c2c(CCBr)cccc21. The summed E-state index contributed by atoms with van der Waals surface area (Å²) < 4.78 is 0. The molecule has 1 atom stereocenters. The molecule has 4 amide bonds. The van der Waals surface area contributed by atoms with Gasteiger partial charge in [-0.05, 0) is 49.6 Å². The van der Waals surface area contributed by atoms with Gasteiger partial charge in [0.25, 0.3) is 23.6 Å². The molecule has 3 aliphatic heterocycles. The first-order chi connectivity index (χ1) is 16.4. The zero-order valence-electron chi connectivity index (χ0n) is 18.9. The van der Waals surface area contributed by atoms with E-state index < -0.39 is 0 Å². The number of nitrogens with zero attached hydrogens (tertiary/aromatic N) is 1. The van der Waals surface area contributed by atoms with Crippen LogP contribution in [0.5, 0.6) is 0 Å². The molecule has 0 spiro atoms. The van der Waals surface area contributed by atoms with Crippen LogP contribution in [0.4, 0.5) is 0 Å². The maximum absolute atomic E-state index is 11.9. The highest BCUT2D eigenvalue weighted by atomic mass is 79.9. The molecule has 1 fully saturated rings. The van der Waals surface area contributed by atoms with E-state index in [0.717, 1.165) is 55.4 Å². The van der Waals surface area contributed by atoms with Gasteiger partial charge in [-0.2, -0.15) is 0 Å². The molecule has 1 unspecified atom stereocenters. The number of carbonyl (C=O) groups is 4. The molecule has 0 saturated carbocycles. The standard InChI is InChI=1S/C15H19N3O2.C10H8BrNO2/c1-18-8-7-16-9-11(18)6-5-10-3-2-4-12-13(10)15(20)17-14(12)19;11-5-4-6-2-1-3-7-8(6)10(14)12-9(7)13/h2-4,11,16H,5-9H2,1H3,(H,17,19,20);1-3H,4-5H2,(H,12,13,14).